The van der Waals surface area contributed by atoms with E-state index in [1.54, 1.807) is 13.3 Å². The summed E-state index contributed by atoms with van der Waals surface area (Å²) < 4.78 is 4.74. The molecule has 0 fully saturated rings. The average Bonchev–Trinajstić information content (AvgIpc) is 1.83. The van der Waals surface area contributed by atoms with E-state index in [0.29, 0.717) is 0 Å². The zero-order valence-electron chi connectivity index (χ0n) is 6.33. The maximum absolute atomic E-state index is 2.37. The second kappa shape index (κ2) is 5.93. The molecule has 48 valence electrons. The Morgan fingerprint density at radius 3 is 1.62 bits per heavy atom. The van der Waals surface area contributed by atoms with E-state index in [9.17, 15) is 0 Å². The molecule has 0 rings (SSSR count). The van der Waals surface area contributed by atoms with Gasteiger partial charge in [-0.2, -0.15) is 0 Å². The standard InChI is InChI=1S/C3H7.2C2H5.Sn/c1-3-2;2*1-2;/h1,3H2,2H3;2*1H2,2H3;/q;;;+1. The van der Waals surface area contributed by atoms with Crippen molar-refractivity contribution in [3.8, 4) is 0 Å². The van der Waals surface area contributed by atoms with Gasteiger partial charge in [0.15, 0.2) is 0 Å². The summed E-state index contributed by atoms with van der Waals surface area (Å²) in [6, 6.07) is 0. The van der Waals surface area contributed by atoms with E-state index in [2.05, 4.69) is 20.8 Å². The molecule has 0 saturated carbocycles. The van der Waals surface area contributed by atoms with Crippen LogP contribution in [0.2, 0.25) is 13.3 Å². The summed E-state index contributed by atoms with van der Waals surface area (Å²) in [5, 5.41) is 0. The van der Waals surface area contributed by atoms with Gasteiger partial charge in [0.05, 0.1) is 0 Å². The Bertz CT molecular complexity index is 39.7. The third-order valence-electron chi connectivity index (χ3n) is 1.60. The van der Waals surface area contributed by atoms with Crippen LogP contribution in [0.25, 0.3) is 0 Å². The van der Waals surface area contributed by atoms with Gasteiger partial charge in [0.1, 0.15) is 0 Å². The monoisotopic (exact) mass is 221 g/mol. The van der Waals surface area contributed by atoms with Crippen molar-refractivity contribution in [1.29, 1.82) is 0 Å². The Labute approximate surface area is 60.4 Å². The normalized spacial score (nSPS) is 9.38. The fourth-order valence-electron chi connectivity index (χ4n) is 0.957. The Morgan fingerprint density at radius 2 is 1.50 bits per heavy atom. The van der Waals surface area contributed by atoms with Gasteiger partial charge < -0.3 is 0 Å². The van der Waals surface area contributed by atoms with Crippen molar-refractivity contribution in [3.63, 3.8) is 0 Å². The molecule has 0 bridgehead atoms. The quantitative estimate of drug-likeness (QED) is 0.638. The first-order valence-corrected chi connectivity index (χ1v) is 9.74. The Hall–Kier alpha value is 0.799. The first kappa shape index (κ1) is 8.80. The van der Waals surface area contributed by atoms with Crippen LogP contribution >= 0.6 is 0 Å². The molecule has 0 aliphatic rings. The minimum atomic E-state index is -0.688. The molecule has 0 unspecified atom stereocenters. The molecule has 0 spiro atoms. The zero-order valence-corrected chi connectivity index (χ0v) is 9.18. The molecule has 0 N–H and O–H groups in total. The summed E-state index contributed by atoms with van der Waals surface area (Å²) in [5.41, 5.74) is 0. The molecule has 1 heteroatoms. The second-order valence-electron chi connectivity index (χ2n) is 2.21. The first-order valence-electron chi connectivity index (χ1n) is 3.68. The molecule has 0 aliphatic heterocycles. The van der Waals surface area contributed by atoms with Gasteiger partial charge in [0.25, 0.3) is 0 Å². The van der Waals surface area contributed by atoms with E-state index in [1.807, 2.05) is 0 Å². The molecule has 0 atom stereocenters. The van der Waals surface area contributed by atoms with Gasteiger partial charge in [-0.1, -0.05) is 0 Å². The summed E-state index contributed by atoms with van der Waals surface area (Å²) in [6.07, 6.45) is 1.44. The van der Waals surface area contributed by atoms with Crippen molar-refractivity contribution in [3.05, 3.63) is 0 Å². The van der Waals surface area contributed by atoms with Gasteiger partial charge in [0.2, 0.25) is 0 Å². The van der Waals surface area contributed by atoms with Crippen LogP contribution in [-0.4, -0.2) is 19.8 Å². The van der Waals surface area contributed by atoms with Gasteiger partial charge in [-0.3, -0.25) is 0 Å². The van der Waals surface area contributed by atoms with Crippen LogP contribution in [0.4, 0.5) is 0 Å². The van der Waals surface area contributed by atoms with Crippen molar-refractivity contribution >= 4 is 19.8 Å². The molecule has 0 aromatic carbocycles. The van der Waals surface area contributed by atoms with Crippen LogP contribution in [0.1, 0.15) is 27.2 Å². The van der Waals surface area contributed by atoms with Crippen LogP contribution in [0, 0.1) is 0 Å². The molecular formula is C7H17Sn+. The van der Waals surface area contributed by atoms with Crippen LogP contribution in [0.5, 0.6) is 0 Å². The van der Waals surface area contributed by atoms with Crippen molar-refractivity contribution < 1.29 is 0 Å². The van der Waals surface area contributed by atoms with Crippen molar-refractivity contribution in [2.75, 3.05) is 0 Å². The summed E-state index contributed by atoms with van der Waals surface area (Å²) in [4.78, 5) is 0. The molecule has 8 heavy (non-hydrogen) atoms. The van der Waals surface area contributed by atoms with E-state index in [4.69, 9.17) is 0 Å². The molecule has 0 aromatic heterocycles. The van der Waals surface area contributed by atoms with Gasteiger partial charge in [0, 0.05) is 0 Å². The van der Waals surface area contributed by atoms with Crippen molar-refractivity contribution in [2.24, 2.45) is 0 Å². The Morgan fingerprint density at radius 1 is 1.00 bits per heavy atom. The van der Waals surface area contributed by atoms with Gasteiger partial charge in [-0.25, -0.2) is 0 Å². The van der Waals surface area contributed by atoms with Crippen molar-refractivity contribution in [2.45, 2.75) is 40.5 Å². The minimum absolute atomic E-state index is 0.688. The molecular weight excluding hydrogens is 203 g/mol. The van der Waals surface area contributed by atoms with E-state index in [1.165, 1.54) is 6.42 Å². The number of hydrogen-bond acceptors (Lipinski definition) is 0. The molecule has 0 aromatic rings. The summed E-state index contributed by atoms with van der Waals surface area (Å²) >= 11 is -0.688. The molecule has 0 saturated heterocycles. The predicted molar refractivity (Wildman–Crippen MR) is 41.8 cm³/mol. The van der Waals surface area contributed by atoms with Crippen LogP contribution in [0.15, 0.2) is 0 Å². The molecule has 0 heterocycles. The topological polar surface area (TPSA) is 0 Å². The summed E-state index contributed by atoms with van der Waals surface area (Å²) in [5.74, 6) is 0. The molecule has 0 aliphatic carbocycles. The number of rotatable bonds is 4. The SMILES string of the molecule is CC[CH2][Sn+]([CH2]C)[CH2]C. The fraction of sp³-hybridized carbons (Fsp3) is 1.00. The van der Waals surface area contributed by atoms with Crippen LogP contribution in [-0.2, 0) is 0 Å². The van der Waals surface area contributed by atoms with E-state index in [-0.39, 0.29) is 0 Å². The predicted octanol–water partition coefficient (Wildman–Crippen LogP) is 2.93. The van der Waals surface area contributed by atoms with E-state index >= 15 is 0 Å². The molecule has 0 nitrogen and oxygen atoms in total. The Kier molecular flexibility index (Phi) is 6.52. The second-order valence-corrected chi connectivity index (χ2v) is 12.0. The van der Waals surface area contributed by atoms with E-state index in [0.717, 1.165) is 0 Å². The first-order chi connectivity index (χ1) is 3.85. The summed E-state index contributed by atoms with van der Waals surface area (Å²) in [7, 11) is 0. The number of hydrogen-bond donors (Lipinski definition) is 0. The molecule has 0 amide bonds. The van der Waals surface area contributed by atoms with Gasteiger partial charge >= 0.3 is 60.3 Å². The third-order valence-corrected chi connectivity index (χ3v) is 10.8. The molecule has 0 radical (unpaired) electrons. The van der Waals surface area contributed by atoms with Gasteiger partial charge in [-0.15, -0.1) is 0 Å². The van der Waals surface area contributed by atoms with Crippen LogP contribution in [0.3, 0.4) is 0 Å². The van der Waals surface area contributed by atoms with Crippen LogP contribution < -0.4 is 0 Å². The maximum atomic E-state index is 2.37. The Balaban J connectivity index is 3.07. The van der Waals surface area contributed by atoms with Crippen molar-refractivity contribution in [1.82, 2.24) is 0 Å². The van der Waals surface area contributed by atoms with E-state index < -0.39 is 19.8 Å². The average molecular weight is 220 g/mol. The van der Waals surface area contributed by atoms with Gasteiger partial charge in [-0.05, 0) is 0 Å². The fourth-order valence-corrected chi connectivity index (χ4v) is 6.42. The summed E-state index contributed by atoms with van der Waals surface area (Å²) in [6.45, 7) is 7.05. The zero-order chi connectivity index (χ0) is 6.41. The third kappa shape index (κ3) is 3.76.